The van der Waals surface area contributed by atoms with E-state index in [2.05, 4.69) is 21.2 Å². The molecule has 1 fully saturated rings. The molecule has 3 N–H and O–H groups in total. The lowest BCUT2D eigenvalue weighted by atomic mass is 9.95. The van der Waals surface area contributed by atoms with Crippen LogP contribution in [-0.2, 0) is 11.2 Å². The number of amides is 1. The highest BCUT2D eigenvalue weighted by molar-refractivity contribution is 9.10. The number of nitrogens with one attached hydrogen (secondary N) is 1. The van der Waals surface area contributed by atoms with Crippen LogP contribution in [0.2, 0.25) is 0 Å². The average molecular weight is 348 g/mol. The van der Waals surface area contributed by atoms with E-state index >= 15 is 0 Å². The first-order valence-electron chi connectivity index (χ1n) is 6.29. The molecule has 1 saturated carbocycles. The fourth-order valence-electron chi connectivity index (χ4n) is 2.19. The summed E-state index contributed by atoms with van der Waals surface area (Å²) >= 11 is 3.38. The summed E-state index contributed by atoms with van der Waals surface area (Å²) in [6.45, 7) is 2.55. The Morgan fingerprint density at radius 3 is 2.47 bits per heavy atom. The Morgan fingerprint density at radius 2 is 2.00 bits per heavy atom. The van der Waals surface area contributed by atoms with Crippen molar-refractivity contribution in [1.29, 1.82) is 0 Å². The second kappa shape index (κ2) is 6.73. The highest BCUT2D eigenvalue weighted by Crippen LogP contribution is 2.38. The van der Waals surface area contributed by atoms with Gasteiger partial charge in [0.05, 0.1) is 12.0 Å². The molecule has 2 rings (SSSR count). The van der Waals surface area contributed by atoms with Gasteiger partial charge in [0, 0.05) is 11.0 Å². The van der Waals surface area contributed by atoms with Gasteiger partial charge in [-0.1, -0.05) is 28.1 Å². The van der Waals surface area contributed by atoms with Gasteiger partial charge in [-0.05, 0) is 43.4 Å². The van der Waals surface area contributed by atoms with Crippen molar-refractivity contribution in [1.82, 2.24) is 5.32 Å². The number of halogens is 2. The molecule has 1 unspecified atom stereocenters. The monoisotopic (exact) mass is 346 g/mol. The van der Waals surface area contributed by atoms with Gasteiger partial charge in [0.2, 0.25) is 5.91 Å². The minimum Gasteiger partial charge on any atom is -0.349 e. The van der Waals surface area contributed by atoms with E-state index in [4.69, 9.17) is 5.73 Å². The maximum atomic E-state index is 12.0. The fraction of sp³-hybridized carbons (Fsp3) is 0.500. The van der Waals surface area contributed by atoms with Gasteiger partial charge in [0.15, 0.2) is 0 Å². The molecule has 1 aromatic rings. The first kappa shape index (κ1) is 16.5. The number of nitrogens with two attached hydrogens (primary N) is 1. The first-order valence-corrected chi connectivity index (χ1v) is 7.08. The average Bonchev–Trinajstić information content (AvgIpc) is 3.16. The summed E-state index contributed by atoms with van der Waals surface area (Å²) < 4.78 is 1.02. The number of hydrogen-bond acceptors (Lipinski definition) is 2. The molecule has 106 valence electrons. The van der Waals surface area contributed by atoms with Gasteiger partial charge in [-0.15, -0.1) is 12.4 Å². The van der Waals surface area contributed by atoms with Gasteiger partial charge in [0.1, 0.15) is 0 Å². The topological polar surface area (TPSA) is 55.1 Å². The summed E-state index contributed by atoms with van der Waals surface area (Å²) in [4.78, 5) is 12.0. The quantitative estimate of drug-likeness (QED) is 0.860. The molecule has 0 aliphatic heterocycles. The second-order valence-electron chi connectivity index (χ2n) is 5.25. The number of hydrogen-bond donors (Lipinski definition) is 2. The van der Waals surface area contributed by atoms with Crippen molar-refractivity contribution < 1.29 is 4.79 Å². The lowest BCUT2D eigenvalue weighted by molar-refractivity contribution is -0.122. The SMILES string of the molecule is CC(CN)(NC(=O)Cc1ccc(Br)cc1)C1CC1.Cl. The van der Waals surface area contributed by atoms with Gasteiger partial charge in [-0.3, -0.25) is 4.79 Å². The lowest BCUT2D eigenvalue weighted by Gasteiger charge is -2.29. The minimum atomic E-state index is -0.230. The Kier molecular flexibility index (Phi) is 5.83. The molecule has 0 radical (unpaired) electrons. The predicted octanol–water partition coefficient (Wildman–Crippen LogP) is 2.66. The molecular formula is C14H20BrClN2O. The Hall–Kier alpha value is -0.580. The highest BCUT2D eigenvalue weighted by atomic mass is 79.9. The van der Waals surface area contributed by atoms with Crippen molar-refractivity contribution >= 4 is 34.2 Å². The van der Waals surface area contributed by atoms with E-state index in [0.717, 1.165) is 10.0 Å². The Labute approximate surface area is 128 Å². The maximum absolute atomic E-state index is 12.0. The summed E-state index contributed by atoms with van der Waals surface area (Å²) in [5.41, 5.74) is 6.58. The van der Waals surface area contributed by atoms with Crippen molar-refractivity contribution in [3.63, 3.8) is 0 Å². The summed E-state index contributed by atoms with van der Waals surface area (Å²) in [6.07, 6.45) is 2.76. The van der Waals surface area contributed by atoms with Crippen LogP contribution in [0.25, 0.3) is 0 Å². The van der Waals surface area contributed by atoms with Crippen molar-refractivity contribution in [3.8, 4) is 0 Å². The molecule has 5 heteroatoms. The zero-order chi connectivity index (χ0) is 13.2. The Morgan fingerprint density at radius 1 is 1.42 bits per heavy atom. The van der Waals surface area contributed by atoms with Gasteiger partial charge < -0.3 is 11.1 Å². The predicted molar refractivity (Wildman–Crippen MR) is 83.4 cm³/mol. The molecular weight excluding hydrogens is 328 g/mol. The summed E-state index contributed by atoms with van der Waals surface area (Å²) in [6, 6.07) is 7.82. The molecule has 0 saturated heterocycles. The van der Waals surface area contributed by atoms with Crippen LogP contribution in [0.5, 0.6) is 0 Å². The van der Waals surface area contributed by atoms with Gasteiger partial charge in [-0.25, -0.2) is 0 Å². The van der Waals surface area contributed by atoms with E-state index in [1.165, 1.54) is 12.8 Å². The third-order valence-corrected chi connectivity index (χ3v) is 4.13. The van der Waals surface area contributed by atoms with E-state index in [0.29, 0.717) is 18.9 Å². The van der Waals surface area contributed by atoms with E-state index < -0.39 is 0 Å². The van der Waals surface area contributed by atoms with E-state index in [9.17, 15) is 4.79 Å². The summed E-state index contributed by atoms with van der Waals surface area (Å²) in [5, 5.41) is 3.09. The Balaban J connectivity index is 0.00000180. The number of carbonyl (C=O) groups excluding carboxylic acids is 1. The largest absolute Gasteiger partial charge is 0.349 e. The molecule has 19 heavy (non-hydrogen) atoms. The van der Waals surface area contributed by atoms with Gasteiger partial charge in [-0.2, -0.15) is 0 Å². The third kappa shape index (κ3) is 4.48. The number of rotatable bonds is 5. The van der Waals surface area contributed by atoms with Crippen molar-refractivity contribution in [2.75, 3.05) is 6.54 Å². The molecule has 0 bridgehead atoms. The van der Waals surface area contributed by atoms with Crippen LogP contribution in [0.1, 0.15) is 25.3 Å². The van der Waals surface area contributed by atoms with Crippen LogP contribution < -0.4 is 11.1 Å². The van der Waals surface area contributed by atoms with Crippen LogP contribution in [0.3, 0.4) is 0 Å². The fourth-order valence-corrected chi connectivity index (χ4v) is 2.45. The van der Waals surface area contributed by atoms with Crippen LogP contribution >= 0.6 is 28.3 Å². The molecule has 0 spiro atoms. The van der Waals surface area contributed by atoms with E-state index in [1.807, 2.05) is 31.2 Å². The maximum Gasteiger partial charge on any atom is 0.224 e. The standard InChI is InChI=1S/C14H19BrN2O.ClH/c1-14(9-16,11-4-5-11)17-13(18)8-10-2-6-12(15)7-3-10;/h2-3,6-7,11H,4-5,8-9,16H2,1H3,(H,17,18);1H. The molecule has 1 aromatic carbocycles. The number of carbonyl (C=O) groups is 1. The first-order chi connectivity index (χ1) is 8.53. The highest BCUT2D eigenvalue weighted by Gasteiger charge is 2.41. The van der Waals surface area contributed by atoms with Gasteiger partial charge in [0.25, 0.3) is 0 Å². The van der Waals surface area contributed by atoms with Gasteiger partial charge >= 0.3 is 0 Å². The van der Waals surface area contributed by atoms with E-state index in [-0.39, 0.29) is 23.9 Å². The summed E-state index contributed by atoms with van der Waals surface area (Å²) in [7, 11) is 0. The molecule has 0 aromatic heterocycles. The molecule has 1 amide bonds. The minimum absolute atomic E-state index is 0. The van der Waals surface area contributed by atoms with Crippen LogP contribution in [0, 0.1) is 5.92 Å². The van der Waals surface area contributed by atoms with Crippen LogP contribution in [0.15, 0.2) is 28.7 Å². The zero-order valence-corrected chi connectivity index (χ0v) is 13.4. The smallest absolute Gasteiger partial charge is 0.224 e. The second-order valence-corrected chi connectivity index (χ2v) is 6.16. The molecule has 0 heterocycles. The van der Waals surface area contributed by atoms with Crippen molar-refractivity contribution in [2.45, 2.75) is 31.7 Å². The zero-order valence-electron chi connectivity index (χ0n) is 11.0. The Bertz CT molecular complexity index is 434. The van der Waals surface area contributed by atoms with Crippen molar-refractivity contribution in [2.24, 2.45) is 11.7 Å². The molecule has 3 nitrogen and oxygen atoms in total. The van der Waals surface area contributed by atoms with Crippen molar-refractivity contribution in [3.05, 3.63) is 34.3 Å². The third-order valence-electron chi connectivity index (χ3n) is 3.61. The number of benzene rings is 1. The van der Waals surface area contributed by atoms with E-state index in [1.54, 1.807) is 0 Å². The normalized spacial score (nSPS) is 17.2. The lowest BCUT2D eigenvalue weighted by Crippen LogP contribution is -2.53. The molecule has 1 atom stereocenters. The summed E-state index contributed by atoms with van der Waals surface area (Å²) in [5.74, 6) is 0.605. The van der Waals surface area contributed by atoms with Crippen LogP contribution in [-0.4, -0.2) is 18.0 Å². The molecule has 1 aliphatic rings. The molecule has 1 aliphatic carbocycles. The van der Waals surface area contributed by atoms with Crippen LogP contribution in [0.4, 0.5) is 0 Å².